The number of thiazole rings is 1. The van der Waals surface area contributed by atoms with E-state index in [4.69, 9.17) is 4.98 Å². The Labute approximate surface area is 120 Å². The van der Waals surface area contributed by atoms with E-state index in [1.54, 1.807) is 0 Å². The van der Waals surface area contributed by atoms with Gasteiger partial charge in [-0.3, -0.25) is 0 Å². The first-order valence-corrected chi connectivity index (χ1v) is 8.13. The molecule has 2 heteroatoms. The summed E-state index contributed by atoms with van der Waals surface area (Å²) in [4.78, 5) is 4.96. The number of rotatable bonds is 2. The summed E-state index contributed by atoms with van der Waals surface area (Å²) in [7, 11) is 0. The maximum atomic E-state index is 4.96. The highest BCUT2D eigenvalue weighted by Crippen LogP contribution is 2.45. The van der Waals surface area contributed by atoms with Crippen LogP contribution in [0.3, 0.4) is 0 Å². The van der Waals surface area contributed by atoms with Crippen molar-refractivity contribution in [3.8, 4) is 0 Å². The van der Waals surface area contributed by atoms with E-state index in [2.05, 4.69) is 46.8 Å². The van der Waals surface area contributed by atoms with E-state index in [9.17, 15) is 0 Å². The summed E-state index contributed by atoms with van der Waals surface area (Å²) < 4.78 is 1.39. The van der Waals surface area contributed by atoms with Crippen molar-refractivity contribution in [1.29, 1.82) is 0 Å². The molecular weight excluding hydrogens is 250 g/mol. The zero-order valence-electron chi connectivity index (χ0n) is 12.6. The normalized spacial score (nSPS) is 16.5. The fourth-order valence-electron chi connectivity index (χ4n) is 2.44. The monoisotopic (exact) mass is 273 g/mol. The highest BCUT2D eigenvalue weighted by Gasteiger charge is 2.28. The summed E-state index contributed by atoms with van der Waals surface area (Å²) in [6.07, 6.45) is 2.69. The van der Waals surface area contributed by atoms with E-state index in [0.29, 0.717) is 5.92 Å². The Balaban J connectivity index is 2.22. The van der Waals surface area contributed by atoms with Crippen LogP contribution in [0.1, 0.15) is 75.4 Å². The Hall–Kier alpha value is -0.890. The molecule has 0 spiro atoms. The Morgan fingerprint density at radius 2 is 1.89 bits per heavy atom. The molecule has 0 atom stereocenters. The van der Waals surface area contributed by atoms with Crippen LogP contribution in [0.4, 0.5) is 0 Å². The van der Waals surface area contributed by atoms with Gasteiger partial charge in [0.05, 0.1) is 15.2 Å². The molecule has 0 N–H and O–H groups in total. The van der Waals surface area contributed by atoms with Crippen molar-refractivity contribution in [1.82, 2.24) is 4.98 Å². The molecule has 1 aliphatic rings. The summed E-state index contributed by atoms with van der Waals surface area (Å²) in [6.45, 7) is 11.3. The molecule has 19 heavy (non-hydrogen) atoms. The number of fused-ring (bicyclic) bond motifs is 1. The largest absolute Gasteiger partial charge is 0.240 e. The number of benzene rings is 1. The summed E-state index contributed by atoms with van der Waals surface area (Å²) in [6, 6.07) is 4.77. The smallest absolute Gasteiger partial charge is 0.0992 e. The topological polar surface area (TPSA) is 12.9 Å². The van der Waals surface area contributed by atoms with E-state index in [1.807, 2.05) is 11.3 Å². The molecule has 102 valence electrons. The van der Waals surface area contributed by atoms with Crippen molar-refractivity contribution < 1.29 is 0 Å². The van der Waals surface area contributed by atoms with Crippen molar-refractivity contribution in [2.24, 2.45) is 0 Å². The van der Waals surface area contributed by atoms with Crippen LogP contribution in [0.2, 0.25) is 0 Å². The quantitative estimate of drug-likeness (QED) is 0.694. The van der Waals surface area contributed by atoms with Crippen LogP contribution in [0, 0.1) is 0 Å². The van der Waals surface area contributed by atoms with Gasteiger partial charge in [0.2, 0.25) is 0 Å². The van der Waals surface area contributed by atoms with Crippen molar-refractivity contribution in [2.45, 2.75) is 64.7 Å². The summed E-state index contributed by atoms with van der Waals surface area (Å²) in [5.74, 6) is 1.37. The van der Waals surface area contributed by atoms with Crippen LogP contribution in [-0.2, 0) is 5.41 Å². The molecule has 0 saturated heterocycles. The Morgan fingerprint density at radius 3 is 2.42 bits per heavy atom. The van der Waals surface area contributed by atoms with Gasteiger partial charge >= 0.3 is 0 Å². The molecule has 0 amide bonds. The fourth-order valence-corrected chi connectivity index (χ4v) is 3.54. The fraction of sp³-hybridized carbons (Fsp3) is 0.588. The summed E-state index contributed by atoms with van der Waals surface area (Å²) >= 11 is 1.88. The molecule has 3 rings (SSSR count). The van der Waals surface area contributed by atoms with Crippen molar-refractivity contribution >= 4 is 21.6 Å². The molecule has 1 nitrogen and oxygen atoms in total. The number of hydrogen-bond acceptors (Lipinski definition) is 2. The summed E-state index contributed by atoms with van der Waals surface area (Å²) in [5.41, 5.74) is 4.41. The molecule has 1 heterocycles. The standard InChI is InChI=1S/C17H23NS/c1-10(2)12-8-13(11-6-7-11)15-14(9-12)19-16(18-15)17(3,4)5/h8-11H,6-7H2,1-5H3. The molecule has 1 aromatic heterocycles. The predicted molar refractivity (Wildman–Crippen MR) is 84.4 cm³/mol. The molecular formula is C17H23NS. The average molecular weight is 273 g/mol. The molecule has 1 aliphatic carbocycles. The van der Waals surface area contributed by atoms with Crippen LogP contribution in [0.25, 0.3) is 10.2 Å². The Morgan fingerprint density at radius 1 is 1.21 bits per heavy atom. The first-order chi connectivity index (χ1) is 8.86. The number of nitrogens with zero attached hydrogens (tertiary/aromatic N) is 1. The lowest BCUT2D eigenvalue weighted by Gasteiger charge is -2.13. The highest BCUT2D eigenvalue weighted by atomic mass is 32.1. The third kappa shape index (κ3) is 2.43. The van der Waals surface area contributed by atoms with E-state index in [1.165, 1.54) is 39.2 Å². The summed E-state index contributed by atoms with van der Waals surface area (Å²) in [5, 5.41) is 1.27. The van der Waals surface area contributed by atoms with E-state index in [-0.39, 0.29) is 5.41 Å². The SMILES string of the molecule is CC(C)c1cc(C2CC2)c2nc(C(C)(C)C)sc2c1. The van der Waals surface area contributed by atoms with Gasteiger partial charge in [-0.1, -0.05) is 40.7 Å². The van der Waals surface area contributed by atoms with Gasteiger partial charge in [-0.15, -0.1) is 11.3 Å². The van der Waals surface area contributed by atoms with Gasteiger partial charge in [0.25, 0.3) is 0 Å². The minimum absolute atomic E-state index is 0.155. The maximum Gasteiger partial charge on any atom is 0.0992 e. The molecule has 1 aromatic carbocycles. The second-order valence-corrected chi connectivity index (χ2v) is 8.19. The number of hydrogen-bond donors (Lipinski definition) is 0. The van der Waals surface area contributed by atoms with Gasteiger partial charge in [0, 0.05) is 5.41 Å². The molecule has 1 saturated carbocycles. The Kier molecular flexibility index (Phi) is 2.97. The van der Waals surface area contributed by atoms with E-state index < -0.39 is 0 Å². The molecule has 2 aromatic rings. The molecule has 1 fully saturated rings. The lowest BCUT2D eigenvalue weighted by molar-refractivity contribution is 0.587. The van der Waals surface area contributed by atoms with Crippen LogP contribution < -0.4 is 0 Å². The zero-order valence-corrected chi connectivity index (χ0v) is 13.4. The average Bonchev–Trinajstić information content (AvgIpc) is 3.04. The lowest BCUT2D eigenvalue weighted by Crippen LogP contribution is -2.09. The Bertz CT molecular complexity index is 612. The number of aromatic nitrogens is 1. The van der Waals surface area contributed by atoms with Crippen molar-refractivity contribution in [2.75, 3.05) is 0 Å². The predicted octanol–water partition coefficient (Wildman–Crippen LogP) is 5.59. The van der Waals surface area contributed by atoms with Crippen molar-refractivity contribution in [3.05, 3.63) is 28.3 Å². The minimum atomic E-state index is 0.155. The van der Waals surface area contributed by atoms with E-state index in [0.717, 1.165) is 5.92 Å². The second-order valence-electron chi connectivity index (χ2n) is 7.15. The maximum absolute atomic E-state index is 4.96. The third-order valence-electron chi connectivity index (χ3n) is 3.87. The molecule has 0 bridgehead atoms. The van der Waals surface area contributed by atoms with Crippen LogP contribution in [0.5, 0.6) is 0 Å². The van der Waals surface area contributed by atoms with Crippen molar-refractivity contribution in [3.63, 3.8) is 0 Å². The van der Waals surface area contributed by atoms with Gasteiger partial charge in [-0.05, 0) is 41.9 Å². The van der Waals surface area contributed by atoms with Crippen LogP contribution in [-0.4, -0.2) is 4.98 Å². The molecule has 0 radical (unpaired) electrons. The van der Waals surface area contributed by atoms with Crippen LogP contribution >= 0.6 is 11.3 Å². The second kappa shape index (κ2) is 4.31. The van der Waals surface area contributed by atoms with Gasteiger partial charge in [0.15, 0.2) is 0 Å². The molecule has 0 aliphatic heterocycles. The highest BCUT2D eigenvalue weighted by molar-refractivity contribution is 7.18. The van der Waals surface area contributed by atoms with Gasteiger partial charge in [0.1, 0.15) is 0 Å². The third-order valence-corrected chi connectivity index (χ3v) is 5.30. The molecule has 0 unspecified atom stereocenters. The van der Waals surface area contributed by atoms with Gasteiger partial charge in [-0.25, -0.2) is 4.98 Å². The first-order valence-electron chi connectivity index (χ1n) is 7.31. The first kappa shape index (κ1) is 13.1. The minimum Gasteiger partial charge on any atom is -0.240 e. The van der Waals surface area contributed by atoms with Crippen LogP contribution in [0.15, 0.2) is 12.1 Å². The van der Waals surface area contributed by atoms with Gasteiger partial charge in [-0.2, -0.15) is 0 Å². The van der Waals surface area contributed by atoms with E-state index >= 15 is 0 Å². The lowest BCUT2D eigenvalue weighted by atomic mass is 9.97. The zero-order chi connectivity index (χ0) is 13.8. The van der Waals surface area contributed by atoms with Gasteiger partial charge < -0.3 is 0 Å².